The van der Waals surface area contributed by atoms with Gasteiger partial charge in [-0.25, -0.2) is 0 Å². The van der Waals surface area contributed by atoms with Crippen molar-refractivity contribution in [3.05, 3.63) is 10.6 Å². The van der Waals surface area contributed by atoms with Crippen LogP contribution in [0.25, 0.3) is 0 Å². The van der Waals surface area contributed by atoms with E-state index in [2.05, 4.69) is 27.1 Å². The molecule has 1 atom stereocenters. The van der Waals surface area contributed by atoms with E-state index in [1.807, 2.05) is 6.92 Å². The number of nitrogens with zero attached hydrogens (tertiary/aromatic N) is 2. The van der Waals surface area contributed by atoms with Crippen LogP contribution in [-0.2, 0) is 6.42 Å². The number of amides is 1. The zero-order chi connectivity index (χ0) is 11.6. The first-order valence-corrected chi connectivity index (χ1v) is 6.26. The lowest BCUT2D eigenvalue weighted by Gasteiger charge is -2.23. The van der Waals surface area contributed by atoms with E-state index in [0.717, 1.165) is 31.6 Å². The molecule has 88 valence electrons. The van der Waals surface area contributed by atoms with Crippen LogP contribution in [0, 0.1) is 0 Å². The molecule has 1 unspecified atom stereocenters. The maximum atomic E-state index is 12.0. The molecule has 0 radical (unpaired) electrons. The third-order valence-electron chi connectivity index (χ3n) is 2.88. The summed E-state index contributed by atoms with van der Waals surface area (Å²) in [4.78, 5) is 12.7. The molecule has 6 heteroatoms. The zero-order valence-electron chi connectivity index (χ0n) is 9.54. The van der Waals surface area contributed by atoms with Crippen LogP contribution >= 0.6 is 11.5 Å². The van der Waals surface area contributed by atoms with Crippen molar-refractivity contribution in [1.82, 2.24) is 20.2 Å². The number of aromatic nitrogens is 2. The maximum Gasteiger partial charge on any atom is 0.265 e. The number of hydrogen-bond acceptors (Lipinski definition) is 5. The van der Waals surface area contributed by atoms with Crippen LogP contribution in [0.1, 0.15) is 35.6 Å². The Bertz CT molecular complexity index is 384. The van der Waals surface area contributed by atoms with Crippen LogP contribution in [0.15, 0.2) is 0 Å². The molecule has 16 heavy (non-hydrogen) atoms. The van der Waals surface area contributed by atoms with Gasteiger partial charge >= 0.3 is 0 Å². The minimum Gasteiger partial charge on any atom is -0.345 e. The minimum atomic E-state index is -0.133. The number of carbonyl (C=O) groups is 1. The van der Waals surface area contributed by atoms with Gasteiger partial charge in [-0.15, -0.1) is 5.10 Å². The second-order valence-corrected chi connectivity index (χ2v) is 5.10. The van der Waals surface area contributed by atoms with Gasteiger partial charge in [-0.3, -0.25) is 4.79 Å². The number of carbonyl (C=O) groups excluding carboxylic acids is 1. The van der Waals surface area contributed by atoms with Crippen LogP contribution in [0.3, 0.4) is 0 Å². The first-order chi connectivity index (χ1) is 7.64. The molecule has 5 nitrogen and oxygen atoms in total. The van der Waals surface area contributed by atoms with Crippen LogP contribution in [0.5, 0.6) is 0 Å². The highest BCUT2D eigenvalue weighted by atomic mass is 32.1. The summed E-state index contributed by atoms with van der Waals surface area (Å²) in [7, 11) is 0. The molecular formula is C10H16N4OS. The van der Waals surface area contributed by atoms with Crippen molar-refractivity contribution in [2.24, 2.45) is 0 Å². The third kappa shape index (κ3) is 2.22. The molecule has 1 aromatic rings. The highest BCUT2D eigenvalue weighted by Gasteiger charge is 2.31. The van der Waals surface area contributed by atoms with Gasteiger partial charge in [0.2, 0.25) is 0 Å². The van der Waals surface area contributed by atoms with Gasteiger partial charge in [-0.1, -0.05) is 11.4 Å². The Labute approximate surface area is 98.8 Å². The fraction of sp³-hybridized carbons (Fsp3) is 0.700. The second-order valence-electron chi connectivity index (χ2n) is 4.34. The van der Waals surface area contributed by atoms with Gasteiger partial charge in [0.05, 0.1) is 11.2 Å². The molecule has 0 aliphatic carbocycles. The predicted octanol–water partition coefficient (Wildman–Crippen LogP) is 0.582. The van der Waals surface area contributed by atoms with E-state index in [9.17, 15) is 4.79 Å². The Morgan fingerprint density at radius 1 is 1.69 bits per heavy atom. The van der Waals surface area contributed by atoms with Gasteiger partial charge in [0, 0.05) is 6.54 Å². The maximum absolute atomic E-state index is 12.0. The summed E-state index contributed by atoms with van der Waals surface area (Å²) < 4.78 is 3.83. The number of nitrogens with one attached hydrogen (secondary N) is 2. The Hall–Kier alpha value is -1.01. The quantitative estimate of drug-likeness (QED) is 0.811. The summed E-state index contributed by atoms with van der Waals surface area (Å²) in [6.45, 7) is 5.82. The Kier molecular flexibility index (Phi) is 3.20. The predicted molar refractivity (Wildman–Crippen MR) is 62.6 cm³/mol. The molecule has 0 saturated carbocycles. The molecule has 1 aliphatic heterocycles. The zero-order valence-corrected chi connectivity index (χ0v) is 10.4. The Morgan fingerprint density at radius 2 is 2.50 bits per heavy atom. The van der Waals surface area contributed by atoms with Gasteiger partial charge in [-0.2, -0.15) is 0 Å². The molecule has 2 rings (SSSR count). The fourth-order valence-corrected chi connectivity index (χ4v) is 2.51. The Morgan fingerprint density at radius 3 is 3.12 bits per heavy atom. The molecule has 2 heterocycles. The summed E-state index contributed by atoms with van der Waals surface area (Å²) in [5.74, 6) is -0.0435. The topological polar surface area (TPSA) is 66.9 Å². The second kappa shape index (κ2) is 4.47. The van der Waals surface area contributed by atoms with Crippen molar-refractivity contribution in [3.8, 4) is 0 Å². The van der Waals surface area contributed by atoms with Gasteiger partial charge < -0.3 is 10.6 Å². The largest absolute Gasteiger partial charge is 0.345 e. The molecule has 1 saturated heterocycles. The van der Waals surface area contributed by atoms with Gasteiger partial charge in [0.1, 0.15) is 4.88 Å². The summed E-state index contributed by atoms with van der Waals surface area (Å²) in [5, 5.41) is 10.3. The monoisotopic (exact) mass is 240 g/mol. The van der Waals surface area contributed by atoms with Crippen LogP contribution in [0.4, 0.5) is 0 Å². The average Bonchev–Trinajstić information content (AvgIpc) is 2.85. The molecule has 1 amide bonds. The van der Waals surface area contributed by atoms with Gasteiger partial charge in [0.15, 0.2) is 0 Å². The van der Waals surface area contributed by atoms with E-state index in [-0.39, 0.29) is 11.4 Å². The highest BCUT2D eigenvalue weighted by molar-refractivity contribution is 7.08. The number of hydrogen-bond donors (Lipinski definition) is 2. The number of aryl methyl sites for hydroxylation is 1. The molecular weight excluding hydrogens is 224 g/mol. The summed E-state index contributed by atoms with van der Waals surface area (Å²) in [6, 6.07) is 0. The van der Waals surface area contributed by atoms with Crippen molar-refractivity contribution in [2.75, 3.05) is 13.1 Å². The lowest BCUT2D eigenvalue weighted by Crippen LogP contribution is -2.47. The van der Waals surface area contributed by atoms with Gasteiger partial charge in [-0.05, 0) is 37.8 Å². The standard InChI is InChI=1S/C10H16N4OS/c1-3-7-8(16-14-13-7)9(15)12-10(2)4-5-11-6-10/h11H,3-6H2,1-2H3,(H,12,15). The lowest BCUT2D eigenvalue weighted by atomic mass is 10.0. The summed E-state index contributed by atoms with van der Waals surface area (Å²) >= 11 is 1.17. The van der Waals surface area contributed by atoms with Crippen molar-refractivity contribution >= 4 is 17.4 Å². The van der Waals surface area contributed by atoms with E-state index >= 15 is 0 Å². The first kappa shape index (κ1) is 11.5. The molecule has 2 N–H and O–H groups in total. The first-order valence-electron chi connectivity index (χ1n) is 5.49. The molecule has 0 bridgehead atoms. The van der Waals surface area contributed by atoms with Crippen molar-refractivity contribution in [3.63, 3.8) is 0 Å². The van der Waals surface area contributed by atoms with Crippen molar-refractivity contribution in [2.45, 2.75) is 32.2 Å². The van der Waals surface area contributed by atoms with E-state index in [1.165, 1.54) is 11.5 Å². The summed E-state index contributed by atoms with van der Waals surface area (Å²) in [6.07, 6.45) is 1.71. The molecule has 0 aromatic carbocycles. The van der Waals surface area contributed by atoms with E-state index in [0.29, 0.717) is 4.88 Å². The van der Waals surface area contributed by atoms with Crippen LogP contribution in [-0.4, -0.2) is 34.1 Å². The smallest absolute Gasteiger partial charge is 0.265 e. The van der Waals surface area contributed by atoms with Crippen molar-refractivity contribution < 1.29 is 4.79 Å². The molecule has 1 aromatic heterocycles. The van der Waals surface area contributed by atoms with Crippen molar-refractivity contribution in [1.29, 1.82) is 0 Å². The Balaban J connectivity index is 2.08. The van der Waals surface area contributed by atoms with E-state index in [4.69, 9.17) is 0 Å². The van der Waals surface area contributed by atoms with E-state index < -0.39 is 0 Å². The van der Waals surface area contributed by atoms with Crippen LogP contribution < -0.4 is 10.6 Å². The van der Waals surface area contributed by atoms with E-state index in [1.54, 1.807) is 0 Å². The normalized spacial score (nSPS) is 24.6. The molecule has 0 spiro atoms. The lowest BCUT2D eigenvalue weighted by molar-refractivity contribution is 0.0916. The minimum absolute atomic E-state index is 0.0435. The number of rotatable bonds is 3. The highest BCUT2D eigenvalue weighted by Crippen LogP contribution is 2.17. The SMILES string of the molecule is CCc1nnsc1C(=O)NC1(C)CCNC1. The molecule has 1 aliphatic rings. The molecule has 1 fully saturated rings. The fourth-order valence-electron chi connectivity index (χ4n) is 1.87. The average molecular weight is 240 g/mol. The third-order valence-corrected chi connectivity index (χ3v) is 3.65. The van der Waals surface area contributed by atoms with Gasteiger partial charge in [0.25, 0.3) is 5.91 Å². The summed E-state index contributed by atoms with van der Waals surface area (Å²) in [5.41, 5.74) is 0.656. The van der Waals surface area contributed by atoms with Crippen LogP contribution in [0.2, 0.25) is 0 Å².